The maximum absolute atomic E-state index is 9.66. The third kappa shape index (κ3) is 1.07. The quantitative estimate of drug-likeness (QED) is 0.382. The summed E-state index contributed by atoms with van der Waals surface area (Å²) in [4.78, 5) is 9.66. The van der Waals surface area contributed by atoms with Crippen molar-refractivity contribution < 1.29 is 4.79 Å². The van der Waals surface area contributed by atoms with Gasteiger partial charge in [0.25, 0.3) is 0 Å². The first kappa shape index (κ1) is 5.31. The first-order chi connectivity index (χ1) is 3.93. The van der Waals surface area contributed by atoms with Crippen LogP contribution in [0, 0.1) is 0 Å². The molecular formula is C5H7N2O. The Morgan fingerprint density at radius 1 is 1.50 bits per heavy atom. The maximum Gasteiger partial charge on any atom is 0.324 e. The van der Waals surface area contributed by atoms with Gasteiger partial charge in [-0.3, -0.25) is 10.2 Å². The molecule has 0 aromatic rings. The molecule has 0 unspecified atom stereocenters. The van der Waals surface area contributed by atoms with E-state index in [9.17, 15) is 4.79 Å². The van der Waals surface area contributed by atoms with E-state index in [0.717, 1.165) is 13.1 Å². The molecule has 0 aromatic heterocycles. The lowest BCUT2D eigenvalue weighted by Gasteiger charge is -2.09. The molecule has 0 saturated carbocycles. The molecule has 0 atom stereocenters. The summed E-state index contributed by atoms with van der Waals surface area (Å²) >= 11 is 0. The highest BCUT2D eigenvalue weighted by Gasteiger charge is 2.01. The third-order valence-electron chi connectivity index (χ3n) is 1.02. The highest BCUT2D eigenvalue weighted by Crippen LogP contribution is 1.91. The zero-order chi connectivity index (χ0) is 5.82. The molecule has 0 aromatic carbocycles. The summed E-state index contributed by atoms with van der Waals surface area (Å²) < 4.78 is 0. The van der Waals surface area contributed by atoms with Gasteiger partial charge in [-0.15, -0.1) is 0 Å². The van der Waals surface area contributed by atoms with Gasteiger partial charge in [-0.1, -0.05) is 12.2 Å². The molecule has 0 aliphatic carbocycles. The van der Waals surface area contributed by atoms with Gasteiger partial charge >= 0.3 is 6.41 Å². The molecule has 1 heterocycles. The Balaban J connectivity index is 2.19. The van der Waals surface area contributed by atoms with Crippen molar-refractivity contribution in [1.82, 2.24) is 10.4 Å². The van der Waals surface area contributed by atoms with Crippen molar-refractivity contribution >= 4 is 6.41 Å². The molecule has 1 rings (SSSR count). The van der Waals surface area contributed by atoms with Crippen LogP contribution < -0.4 is 5.43 Å². The summed E-state index contributed by atoms with van der Waals surface area (Å²) in [6.07, 6.45) is 5.58. The van der Waals surface area contributed by atoms with Crippen LogP contribution in [0.15, 0.2) is 12.2 Å². The predicted octanol–water partition coefficient (Wildman–Crippen LogP) is -0.570. The van der Waals surface area contributed by atoms with E-state index in [1.807, 2.05) is 12.2 Å². The topological polar surface area (TPSA) is 32.3 Å². The summed E-state index contributed by atoms with van der Waals surface area (Å²) in [5, 5.41) is 1.76. The second-order valence-electron chi connectivity index (χ2n) is 1.59. The molecule has 8 heavy (non-hydrogen) atoms. The highest BCUT2D eigenvalue weighted by atomic mass is 16.1. The fraction of sp³-hybridized carbons (Fsp3) is 0.400. The molecule has 1 amide bonds. The minimum absolute atomic E-state index is 0.801. The molecule has 1 N–H and O–H groups in total. The van der Waals surface area contributed by atoms with Gasteiger partial charge < -0.3 is 0 Å². The van der Waals surface area contributed by atoms with Crippen molar-refractivity contribution in [3.63, 3.8) is 0 Å². The fourth-order valence-corrected chi connectivity index (χ4v) is 0.634. The van der Waals surface area contributed by atoms with Gasteiger partial charge in [0, 0.05) is 13.1 Å². The molecule has 1 aliphatic rings. The number of hydrazine groups is 1. The van der Waals surface area contributed by atoms with E-state index in [1.165, 1.54) is 0 Å². The van der Waals surface area contributed by atoms with Gasteiger partial charge in [0.2, 0.25) is 0 Å². The normalized spacial score (nSPS) is 19.0. The monoisotopic (exact) mass is 111 g/mol. The van der Waals surface area contributed by atoms with Crippen molar-refractivity contribution in [3.8, 4) is 0 Å². The number of hydrogen-bond acceptors (Lipinski definition) is 2. The predicted molar refractivity (Wildman–Crippen MR) is 29.5 cm³/mol. The van der Waals surface area contributed by atoms with Crippen LogP contribution >= 0.6 is 0 Å². The Bertz CT molecular complexity index is 103. The average Bonchev–Trinajstić information content (AvgIpc) is 2.19. The first-order valence-corrected chi connectivity index (χ1v) is 2.46. The van der Waals surface area contributed by atoms with E-state index < -0.39 is 0 Å². The zero-order valence-corrected chi connectivity index (χ0v) is 4.42. The summed E-state index contributed by atoms with van der Waals surface area (Å²) in [5.41, 5.74) is 2.41. The van der Waals surface area contributed by atoms with E-state index in [0.29, 0.717) is 0 Å². The molecule has 0 bridgehead atoms. The largest absolute Gasteiger partial charge is 0.324 e. The van der Waals surface area contributed by atoms with Crippen molar-refractivity contribution in [2.24, 2.45) is 0 Å². The second kappa shape index (κ2) is 2.47. The van der Waals surface area contributed by atoms with Crippen molar-refractivity contribution in [2.75, 3.05) is 13.1 Å². The number of nitrogens with one attached hydrogen (secondary N) is 1. The Labute approximate surface area is 47.9 Å². The summed E-state index contributed by atoms with van der Waals surface area (Å²) in [6, 6.07) is 0. The lowest BCUT2D eigenvalue weighted by atomic mass is 10.6. The van der Waals surface area contributed by atoms with Gasteiger partial charge in [0.1, 0.15) is 0 Å². The number of carbonyl (C=O) groups excluding carboxylic acids is 1. The Morgan fingerprint density at radius 2 is 2.12 bits per heavy atom. The Hall–Kier alpha value is -0.830. The lowest BCUT2D eigenvalue weighted by Crippen LogP contribution is -2.34. The standard InChI is InChI=1S/C5H7N2O/c8-5-6-7-3-1-2-4-7/h1-2H,3-4H2,(H,6,8). The Morgan fingerprint density at radius 3 is 2.62 bits per heavy atom. The SMILES string of the molecule is O=[C]NN1CC=CC1. The Kier molecular flexibility index (Phi) is 1.64. The first-order valence-electron chi connectivity index (χ1n) is 2.46. The van der Waals surface area contributed by atoms with Gasteiger partial charge in [-0.25, -0.2) is 5.01 Å². The second-order valence-corrected chi connectivity index (χ2v) is 1.59. The number of hydrogen-bond donors (Lipinski definition) is 1. The molecule has 3 nitrogen and oxygen atoms in total. The summed E-state index contributed by atoms with van der Waals surface area (Å²) in [6.45, 7) is 1.60. The number of amides is 1. The summed E-state index contributed by atoms with van der Waals surface area (Å²) in [7, 11) is 0. The number of nitrogens with zero attached hydrogens (tertiary/aromatic N) is 1. The van der Waals surface area contributed by atoms with Crippen LogP contribution in [0.5, 0.6) is 0 Å². The van der Waals surface area contributed by atoms with Crippen LogP contribution in [-0.4, -0.2) is 24.5 Å². The molecule has 0 spiro atoms. The molecule has 1 radical (unpaired) electrons. The summed E-state index contributed by atoms with van der Waals surface area (Å²) in [5.74, 6) is 0. The van der Waals surface area contributed by atoms with Crippen molar-refractivity contribution in [2.45, 2.75) is 0 Å². The van der Waals surface area contributed by atoms with Gasteiger partial charge in [0.15, 0.2) is 0 Å². The minimum Gasteiger partial charge on any atom is -0.280 e. The molecule has 0 fully saturated rings. The van der Waals surface area contributed by atoms with E-state index >= 15 is 0 Å². The van der Waals surface area contributed by atoms with Crippen LogP contribution in [0.1, 0.15) is 0 Å². The van der Waals surface area contributed by atoms with E-state index in [1.54, 1.807) is 11.4 Å². The van der Waals surface area contributed by atoms with Gasteiger partial charge in [-0.2, -0.15) is 0 Å². The average molecular weight is 111 g/mol. The molecule has 43 valence electrons. The smallest absolute Gasteiger partial charge is 0.280 e. The van der Waals surface area contributed by atoms with E-state index in [4.69, 9.17) is 0 Å². The molecular weight excluding hydrogens is 104 g/mol. The van der Waals surface area contributed by atoms with Crippen molar-refractivity contribution in [1.29, 1.82) is 0 Å². The molecule has 3 heteroatoms. The zero-order valence-electron chi connectivity index (χ0n) is 4.42. The lowest BCUT2D eigenvalue weighted by molar-refractivity contribution is 0.299. The van der Waals surface area contributed by atoms with Crippen LogP contribution in [0.25, 0.3) is 0 Å². The number of rotatable bonds is 2. The highest BCUT2D eigenvalue weighted by molar-refractivity contribution is 5.46. The van der Waals surface area contributed by atoms with Crippen LogP contribution in [-0.2, 0) is 4.79 Å². The van der Waals surface area contributed by atoms with Crippen LogP contribution in [0.2, 0.25) is 0 Å². The van der Waals surface area contributed by atoms with E-state index in [2.05, 4.69) is 5.43 Å². The van der Waals surface area contributed by atoms with Gasteiger partial charge in [0.05, 0.1) is 0 Å². The van der Waals surface area contributed by atoms with E-state index in [-0.39, 0.29) is 0 Å². The molecule has 1 aliphatic heterocycles. The third-order valence-corrected chi connectivity index (χ3v) is 1.02. The fourth-order valence-electron chi connectivity index (χ4n) is 0.634. The van der Waals surface area contributed by atoms with Crippen LogP contribution in [0.3, 0.4) is 0 Å². The minimum atomic E-state index is 0.801. The van der Waals surface area contributed by atoms with Crippen LogP contribution in [0.4, 0.5) is 0 Å². The van der Waals surface area contributed by atoms with Crippen molar-refractivity contribution in [3.05, 3.63) is 12.2 Å². The maximum atomic E-state index is 9.66. The van der Waals surface area contributed by atoms with Gasteiger partial charge in [-0.05, 0) is 0 Å². The molecule has 0 saturated heterocycles.